The molecular formula is C19H20N2O4. The molecule has 6 heteroatoms. The minimum Gasteiger partial charge on any atom is -0.454 e. The number of fused-ring (bicyclic) bond motifs is 1. The summed E-state index contributed by atoms with van der Waals surface area (Å²) >= 11 is 0. The normalized spacial score (nSPS) is 12.6. The number of carbonyl (C=O) groups is 2. The highest BCUT2D eigenvalue weighted by atomic mass is 16.7. The smallest absolute Gasteiger partial charge is 0.239 e. The van der Waals surface area contributed by atoms with Gasteiger partial charge in [-0.3, -0.25) is 9.59 Å². The number of amides is 2. The summed E-state index contributed by atoms with van der Waals surface area (Å²) in [7, 11) is 0. The predicted octanol–water partition coefficient (Wildman–Crippen LogP) is 2.70. The van der Waals surface area contributed by atoms with E-state index in [4.69, 9.17) is 9.47 Å². The molecule has 1 aliphatic rings. The Morgan fingerprint density at radius 2 is 1.72 bits per heavy atom. The number of hydrogen-bond donors (Lipinski definition) is 2. The fraction of sp³-hybridized carbons (Fsp3) is 0.263. The molecule has 2 aromatic carbocycles. The number of benzene rings is 2. The third kappa shape index (κ3) is 3.74. The highest BCUT2D eigenvalue weighted by Gasteiger charge is 2.36. The summed E-state index contributed by atoms with van der Waals surface area (Å²) < 4.78 is 10.5. The van der Waals surface area contributed by atoms with Crippen molar-refractivity contribution in [2.45, 2.75) is 20.4 Å². The zero-order valence-corrected chi connectivity index (χ0v) is 14.2. The molecule has 2 N–H and O–H groups in total. The minimum atomic E-state index is -1.22. The maximum Gasteiger partial charge on any atom is 0.239 e. The van der Waals surface area contributed by atoms with Gasteiger partial charge in [-0.15, -0.1) is 0 Å². The second-order valence-corrected chi connectivity index (χ2v) is 6.32. The Labute approximate surface area is 146 Å². The Morgan fingerprint density at radius 1 is 1.00 bits per heavy atom. The van der Waals surface area contributed by atoms with Gasteiger partial charge in [-0.2, -0.15) is 0 Å². The van der Waals surface area contributed by atoms with Gasteiger partial charge in [0.1, 0.15) is 5.41 Å². The van der Waals surface area contributed by atoms with Crippen LogP contribution >= 0.6 is 0 Å². The highest BCUT2D eigenvalue weighted by molar-refractivity contribution is 6.09. The summed E-state index contributed by atoms with van der Waals surface area (Å²) in [6.45, 7) is 3.73. The Morgan fingerprint density at radius 3 is 2.48 bits per heavy atom. The number of rotatable bonds is 5. The van der Waals surface area contributed by atoms with Gasteiger partial charge in [-0.1, -0.05) is 30.3 Å². The molecule has 25 heavy (non-hydrogen) atoms. The van der Waals surface area contributed by atoms with Gasteiger partial charge in [-0.05, 0) is 31.5 Å². The summed E-state index contributed by atoms with van der Waals surface area (Å²) in [5.41, 5.74) is 0.312. The maximum atomic E-state index is 12.5. The van der Waals surface area contributed by atoms with Gasteiger partial charge >= 0.3 is 0 Å². The van der Waals surface area contributed by atoms with Gasteiger partial charge in [-0.25, -0.2) is 0 Å². The lowest BCUT2D eigenvalue weighted by Gasteiger charge is -2.23. The molecule has 0 bridgehead atoms. The molecule has 130 valence electrons. The lowest BCUT2D eigenvalue weighted by Crippen LogP contribution is -2.44. The average molecular weight is 340 g/mol. The first kappa shape index (κ1) is 16.8. The summed E-state index contributed by atoms with van der Waals surface area (Å²) in [6, 6.07) is 14.7. The molecule has 0 spiro atoms. The van der Waals surface area contributed by atoms with Crippen LogP contribution in [-0.2, 0) is 16.1 Å². The molecule has 2 amide bonds. The molecule has 0 aromatic heterocycles. The van der Waals surface area contributed by atoms with Crippen molar-refractivity contribution in [1.82, 2.24) is 5.32 Å². The van der Waals surface area contributed by atoms with Gasteiger partial charge < -0.3 is 20.1 Å². The van der Waals surface area contributed by atoms with E-state index in [1.807, 2.05) is 30.3 Å². The van der Waals surface area contributed by atoms with E-state index in [0.717, 1.165) is 5.56 Å². The molecular weight excluding hydrogens is 320 g/mol. The van der Waals surface area contributed by atoms with Crippen LogP contribution in [0.1, 0.15) is 19.4 Å². The first-order chi connectivity index (χ1) is 12.0. The van der Waals surface area contributed by atoms with Crippen LogP contribution in [0.5, 0.6) is 11.5 Å². The molecule has 2 aromatic rings. The van der Waals surface area contributed by atoms with Crippen LogP contribution < -0.4 is 20.1 Å². The molecule has 0 radical (unpaired) electrons. The predicted molar refractivity (Wildman–Crippen MR) is 93.3 cm³/mol. The third-order valence-corrected chi connectivity index (χ3v) is 4.06. The number of hydrogen-bond acceptors (Lipinski definition) is 4. The van der Waals surface area contributed by atoms with Crippen molar-refractivity contribution in [1.29, 1.82) is 0 Å². The van der Waals surface area contributed by atoms with Gasteiger partial charge in [0.15, 0.2) is 11.5 Å². The van der Waals surface area contributed by atoms with Crippen molar-refractivity contribution < 1.29 is 19.1 Å². The molecule has 1 heterocycles. The zero-order chi connectivity index (χ0) is 17.9. The average Bonchev–Trinajstić information content (AvgIpc) is 3.08. The minimum absolute atomic E-state index is 0.167. The van der Waals surface area contributed by atoms with Crippen LogP contribution in [-0.4, -0.2) is 18.6 Å². The molecule has 0 atom stereocenters. The van der Waals surface area contributed by atoms with Crippen molar-refractivity contribution >= 4 is 17.5 Å². The Kier molecular flexibility index (Phi) is 4.61. The number of anilines is 1. The second-order valence-electron chi connectivity index (χ2n) is 6.32. The molecule has 0 aliphatic carbocycles. The lowest BCUT2D eigenvalue weighted by atomic mass is 9.90. The molecule has 0 saturated carbocycles. The second kappa shape index (κ2) is 6.84. The van der Waals surface area contributed by atoms with E-state index in [9.17, 15) is 9.59 Å². The van der Waals surface area contributed by atoms with E-state index in [2.05, 4.69) is 10.6 Å². The van der Waals surface area contributed by atoms with Crippen LogP contribution in [0.3, 0.4) is 0 Å². The van der Waals surface area contributed by atoms with E-state index in [-0.39, 0.29) is 12.7 Å². The van der Waals surface area contributed by atoms with Crippen LogP contribution in [0.2, 0.25) is 0 Å². The van der Waals surface area contributed by atoms with Gasteiger partial charge in [0, 0.05) is 18.3 Å². The summed E-state index contributed by atoms with van der Waals surface area (Å²) in [4.78, 5) is 25.0. The van der Waals surface area contributed by atoms with Crippen molar-refractivity contribution in [3.63, 3.8) is 0 Å². The van der Waals surface area contributed by atoms with Crippen molar-refractivity contribution in [2.75, 3.05) is 12.1 Å². The van der Waals surface area contributed by atoms with E-state index in [1.54, 1.807) is 32.0 Å². The molecule has 1 aliphatic heterocycles. The SMILES string of the molecule is CC(C)(C(=O)NCc1ccccc1)C(=O)Nc1ccc2c(c1)OCO2. The lowest BCUT2D eigenvalue weighted by molar-refractivity contribution is -0.138. The largest absolute Gasteiger partial charge is 0.454 e. The summed E-state index contributed by atoms with van der Waals surface area (Å²) in [6.07, 6.45) is 0. The van der Waals surface area contributed by atoms with Crippen LogP contribution in [0.25, 0.3) is 0 Å². The van der Waals surface area contributed by atoms with E-state index in [1.165, 1.54) is 0 Å². The summed E-state index contributed by atoms with van der Waals surface area (Å²) in [5.74, 6) is 0.480. The first-order valence-corrected chi connectivity index (χ1v) is 8.00. The van der Waals surface area contributed by atoms with Gasteiger partial charge in [0.25, 0.3) is 0 Å². The monoisotopic (exact) mass is 340 g/mol. The maximum absolute atomic E-state index is 12.5. The van der Waals surface area contributed by atoms with E-state index in [0.29, 0.717) is 23.7 Å². The van der Waals surface area contributed by atoms with Crippen molar-refractivity contribution in [2.24, 2.45) is 5.41 Å². The van der Waals surface area contributed by atoms with E-state index < -0.39 is 11.3 Å². The van der Waals surface area contributed by atoms with Crippen molar-refractivity contribution in [3.8, 4) is 11.5 Å². The first-order valence-electron chi connectivity index (χ1n) is 8.00. The van der Waals surface area contributed by atoms with Crippen LogP contribution in [0.15, 0.2) is 48.5 Å². The quantitative estimate of drug-likeness (QED) is 0.821. The Balaban J connectivity index is 1.62. The van der Waals surface area contributed by atoms with E-state index >= 15 is 0 Å². The Bertz CT molecular complexity index is 787. The topological polar surface area (TPSA) is 76.7 Å². The van der Waals surface area contributed by atoms with Crippen LogP contribution in [0.4, 0.5) is 5.69 Å². The molecule has 3 rings (SSSR count). The number of nitrogens with one attached hydrogen (secondary N) is 2. The van der Waals surface area contributed by atoms with Gasteiger partial charge in [0.2, 0.25) is 18.6 Å². The number of carbonyl (C=O) groups excluding carboxylic acids is 2. The fourth-order valence-electron chi connectivity index (χ4n) is 2.36. The molecule has 0 unspecified atom stereocenters. The van der Waals surface area contributed by atoms with Crippen LogP contribution in [0, 0.1) is 5.41 Å². The highest BCUT2D eigenvalue weighted by Crippen LogP contribution is 2.34. The Hall–Kier alpha value is -3.02. The standard InChI is InChI=1S/C19H20N2O4/c1-19(2,17(22)20-11-13-6-4-3-5-7-13)18(23)21-14-8-9-15-16(10-14)25-12-24-15/h3-10H,11-12H2,1-2H3,(H,20,22)(H,21,23). The zero-order valence-electron chi connectivity index (χ0n) is 14.2. The molecule has 0 saturated heterocycles. The molecule has 0 fully saturated rings. The fourth-order valence-corrected chi connectivity index (χ4v) is 2.36. The van der Waals surface area contributed by atoms with Crippen molar-refractivity contribution in [3.05, 3.63) is 54.1 Å². The third-order valence-electron chi connectivity index (χ3n) is 4.06. The van der Waals surface area contributed by atoms with Gasteiger partial charge in [0.05, 0.1) is 0 Å². The number of ether oxygens (including phenoxy) is 2. The summed E-state index contributed by atoms with van der Waals surface area (Å²) in [5, 5.41) is 5.56. The molecule has 6 nitrogen and oxygen atoms in total.